The van der Waals surface area contributed by atoms with Gasteiger partial charge in [-0.25, -0.2) is 13.8 Å². The number of carbonyl (C=O) groups excluding carboxylic acids is 1. The van der Waals surface area contributed by atoms with Gasteiger partial charge in [0.25, 0.3) is 5.91 Å². The minimum Gasteiger partial charge on any atom is -0.466 e. The van der Waals surface area contributed by atoms with E-state index in [2.05, 4.69) is 10.3 Å². The molecule has 27 heavy (non-hydrogen) atoms. The Bertz CT molecular complexity index is 1020. The molecule has 1 unspecified atom stereocenters. The highest BCUT2D eigenvalue weighted by molar-refractivity contribution is 6.00. The lowest BCUT2D eigenvalue weighted by atomic mass is 10.2. The summed E-state index contributed by atoms with van der Waals surface area (Å²) in [5.74, 6) is -5.05. The average Bonchev–Trinajstić information content (AvgIpc) is 3.25. The van der Waals surface area contributed by atoms with Crippen LogP contribution < -0.4 is 5.32 Å². The number of hydrogen-bond acceptors (Lipinski definition) is 4. The molecule has 0 saturated heterocycles. The lowest BCUT2D eigenvalue weighted by Gasteiger charge is -2.16. The van der Waals surface area contributed by atoms with E-state index in [0.29, 0.717) is 0 Å². The van der Waals surface area contributed by atoms with Crippen LogP contribution >= 0.6 is 0 Å². The molecule has 1 N–H and O–H groups in total. The average molecular weight is 380 g/mol. The van der Waals surface area contributed by atoms with Gasteiger partial charge in [-0.1, -0.05) is 0 Å². The first kappa shape index (κ1) is 18.4. The van der Waals surface area contributed by atoms with E-state index in [0.717, 1.165) is 17.5 Å². The SMILES string of the molecule is Cc1nc2c(C(=O)NC(C#N)c3ccco3)cccn2c1C(F)(F)C(F)F. The second-order valence-electron chi connectivity index (χ2n) is 5.64. The van der Waals surface area contributed by atoms with Gasteiger partial charge < -0.3 is 9.73 Å². The molecule has 0 aromatic carbocycles. The van der Waals surface area contributed by atoms with Crippen molar-refractivity contribution in [3.8, 4) is 6.07 Å². The first-order valence-corrected chi connectivity index (χ1v) is 7.65. The third-order valence-corrected chi connectivity index (χ3v) is 3.89. The standard InChI is InChI=1S/C17H12F4N4O2/c1-9-13(17(20,21)16(18)19)25-6-2-4-10(14(25)23-9)15(26)24-11(8-22)12-5-3-7-27-12/h2-7,11,16H,1H3,(H,24,26). The summed E-state index contributed by atoms with van der Waals surface area (Å²) in [6.07, 6.45) is -1.49. The van der Waals surface area contributed by atoms with Crippen LogP contribution in [0.4, 0.5) is 17.6 Å². The first-order valence-electron chi connectivity index (χ1n) is 7.65. The van der Waals surface area contributed by atoms with E-state index < -0.39 is 30.0 Å². The van der Waals surface area contributed by atoms with Crippen LogP contribution in [0.15, 0.2) is 41.1 Å². The molecule has 0 aliphatic heterocycles. The molecule has 0 aliphatic rings. The minimum atomic E-state index is -4.44. The fourth-order valence-corrected chi connectivity index (χ4v) is 2.69. The molecule has 3 heterocycles. The number of fused-ring (bicyclic) bond motifs is 1. The number of hydrogen-bond donors (Lipinski definition) is 1. The molecule has 10 heteroatoms. The highest BCUT2D eigenvalue weighted by Gasteiger charge is 2.47. The maximum atomic E-state index is 13.9. The largest absolute Gasteiger partial charge is 0.466 e. The zero-order valence-corrected chi connectivity index (χ0v) is 13.8. The van der Waals surface area contributed by atoms with Gasteiger partial charge in [-0.3, -0.25) is 9.20 Å². The van der Waals surface area contributed by atoms with E-state index in [1.165, 1.54) is 30.5 Å². The maximum absolute atomic E-state index is 13.9. The Morgan fingerprint density at radius 2 is 2.11 bits per heavy atom. The number of aryl methyl sites for hydroxylation is 1. The van der Waals surface area contributed by atoms with Crippen LogP contribution in [0.25, 0.3) is 5.65 Å². The number of imidazole rings is 1. The third-order valence-electron chi connectivity index (χ3n) is 3.89. The number of rotatable bonds is 5. The number of nitriles is 1. The maximum Gasteiger partial charge on any atom is 0.349 e. The topological polar surface area (TPSA) is 83.3 Å². The highest BCUT2D eigenvalue weighted by atomic mass is 19.3. The Balaban J connectivity index is 2.04. The van der Waals surface area contributed by atoms with E-state index in [9.17, 15) is 27.6 Å². The van der Waals surface area contributed by atoms with Crippen LogP contribution in [0.3, 0.4) is 0 Å². The monoisotopic (exact) mass is 380 g/mol. The van der Waals surface area contributed by atoms with Gasteiger partial charge in [0.15, 0.2) is 6.04 Å². The summed E-state index contributed by atoms with van der Waals surface area (Å²) < 4.78 is 59.3. The van der Waals surface area contributed by atoms with Crippen molar-refractivity contribution in [1.29, 1.82) is 5.26 Å². The smallest absolute Gasteiger partial charge is 0.349 e. The second-order valence-corrected chi connectivity index (χ2v) is 5.64. The predicted octanol–water partition coefficient (Wildman–Crippen LogP) is 3.59. The fourth-order valence-electron chi connectivity index (χ4n) is 2.69. The second kappa shape index (κ2) is 6.75. The molecule has 1 amide bonds. The Kier molecular flexibility index (Phi) is 4.61. The lowest BCUT2D eigenvalue weighted by molar-refractivity contribution is -0.138. The van der Waals surface area contributed by atoms with Crippen LogP contribution in [0.2, 0.25) is 0 Å². The molecule has 3 aromatic rings. The van der Waals surface area contributed by atoms with Gasteiger partial charge in [0.1, 0.15) is 17.1 Å². The van der Waals surface area contributed by atoms with Crippen molar-refractivity contribution >= 4 is 11.6 Å². The van der Waals surface area contributed by atoms with Crippen molar-refractivity contribution in [2.45, 2.75) is 25.3 Å². The van der Waals surface area contributed by atoms with Crippen LogP contribution in [-0.2, 0) is 5.92 Å². The molecule has 0 aliphatic carbocycles. The number of carbonyl (C=O) groups is 1. The Labute approximate surface area is 150 Å². The highest BCUT2D eigenvalue weighted by Crippen LogP contribution is 2.37. The number of amides is 1. The summed E-state index contributed by atoms with van der Waals surface area (Å²) in [5.41, 5.74) is -1.70. The van der Waals surface area contributed by atoms with Gasteiger partial charge in [-0.05, 0) is 31.2 Å². The number of nitrogens with zero attached hydrogens (tertiary/aromatic N) is 3. The number of halogens is 4. The van der Waals surface area contributed by atoms with E-state index in [-0.39, 0.29) is 22.7 Å². The van der Waals surface area contributed by atoms with E-state index >= 15 is 0 Å². The van der Waals surface area contributed by atoms with Gasteiger partial charge in [0.05, 0.1) is 23.6 Å². The van der Waals surface area contributed by atoms with Gasteiger partial charge in [-0.2, -0.15) is 14.0 Å². The van der Waals surface area contributed by atoms with Crippen molar-refractivity contribution in [2.75, 3.05) is 0 Å². The van der Waals surface area contributed by atoms with Crippen LogP contribution in [0.1, 0.15) is 33.5 Å². The number of alkyl halides is 4. The zero-order chi connectivity index (χ0) is 19.8. The number of furan rings is 1. The molecule has 0 spiro atoms. The molecular formula is C17H12F4N4O2. The summed E-state index contributed by atoms with van der Waals surface area (Å²) >= 11 is 0. The molecular weight excluding hydrogens is 368 g/mol. The summed E-state index contributed by atoms with van der Waals surface area (Å²) in [5, 5.41) is 11.6. The molecule has 3 rings (SSSR count). The third kappa shape index (κ3) is 3.12. The zero-order valence-electron chi connectivity index (χ0n) is 13.8. The quantitative estimate of drug-likeness (QED) is 0.686. The molecule has 140 valence electrons. The molecule has 0 saturated carbocycles. The van der Waals surface area contributed by atoms with Gasteiger partial charge in [-0.15, -0.1) is 0 Å². The van der Waals surface area contributed by atoms with Crippen molar-refractivity contribution in [3.63, 3.8) is 0 Å². The number of pyridine rings is 1. The summed E-state index contributed by atoms with van der Waals surface area (Å²) in [4.78, 5) is 16.4. The summed E-state index contributed by atoms with van der Waals surface area (Å²) in [6.45, 7) is 1.15. The molecule has 3 aromatic heterocycles. The van der Waals surface area contributed by atoms with Crippen LogP contribution in [0.5, 0.6) is 0 Å². The Morgan fingerprint density at radius 3 is 2.70 bits per heavy atom. The van der Waals surface area contributed by atoms with E-state index in [1.54, 1.807) is 0 Å². The Morgan fingerprint density at radius 1 is 1.37 bits per heavy atom. The molecule has 1 atom stereocenters. The number of nitrogens with one attached hydrogen (secondary N) is 1. The molecule has 0 bridgehead atoms. The van der Waals surface area contributed by atoms with Crippen LogP contribution in [0, 0.1) is 18.3 Å². The minimum absolute atomic E-state index is 0.149. The van der Waals surface area contributed by atoms with Crippen molar-refractivity contribution in [1.82, 2.24) is 14.7 Å². The van der Waals surface area contributed by atoms with Gasteiger partial charge in [0.2, 0.25) is 0 Å². The first-order chi connectivity index (χ1) is 12.8. The molecule has 0 fully saturated rings. The summed E-state index contributed by atoms with van der Waals surface area (Å²) in [6, 6.07) is 6.27. The number of aromatic nitrogens is 2. The van der Waals surface area contributed by atoms with Gasteiger partial charge >= 0.3 is 12.3 Å². The van der Waals surface area contributed by atoms with Crippen molar-refractivity contribution in [3.05, 3.63) is 59.4 Å². The lowest BCUT2D eigenvalue weighted by Crippen LogP contribution is -2.28. The predicted molar refractivity (Wildman–Crippen MR) is 84.4 cm³/mol. The Hall–Kier alpha value is -3.35. The van der Waals surface area contributed by atoms with Crippen molar-refractivity contribution in [2.24, 2.45) is 0 Å². The molecule has 6 nitrogen and oxygen atoms in total. The normalized spacial score (nSPS) is 12.9. The fraction of sp³-hybridized carbons (Fsp3) is 0.235. The van der Waals surface area contributed by atoms with Crippen molar-refractivity contribution < 1.29 is 26.8 Å². The molecule has 0 radical (unpaired) electrons. The van der Waals surface area contributed by atoms with Crippen LogP contribution in [-0.4, -0.2) is 21.7 Å². The van der Waals surface area contributed by atoms with E-state index in [4.69, 9.17) is 4.42 Å². The van der Waals surface area contributed by atoms with Gasteiger partial charge in [0, 0.05) is 6.20 Å². The van der Waals surface area contributed by atoms with E-state index in [1.807, 2.05) is 6.07 Å². The summed E-state index contributed by atoms with van der Waals surface area (Å²) in [7, 11) is 0.